The lowest BCUT2D eigenvalue weighted by Gasteiger charge is -2.09. The maximum absolute atomic E-state index is 9.98. The number of aliphatic hydroxyl groups is 1. The second-order valence-corrected chi connectivity index (χ2v) is 6.75. The van der Waals surface area contributed by atoms with Gasteiger partial charge < -0.3 is 26.6 Å². The van der Waals surface area contributed by atoms with Gasteiger partial charge in [-0.2, -0.15) is 4.37 Å². The molecular formula is C19H21N5O2S. The van der Waals surface area contributed by atoms with Crippen molar-refractivity contribution in [2.75, 3.05) is 17.2 Å². The lowest BCUT2D eigenvalue weighted by Crippen LogP contribution is -2.17. The van der Waals surface area contributed by atoms with Crippen LogP contribution in [0.5, 0.6) is 5.88 Å². The first kappa shape index (κ1) is 18.7. The summed E-state index contributed by atoms with van der Waals surface area (Å²) in [5.74, 6) is -0.0521. The first-order valence-electron chi connectivity index (χ1n) is 8.39. The van der Waals surface area contributed by atoms with Crippen molar-refractivity contribution in [1.29, 1.82) is 0 Å². The lowest BCUT2D eigenvalue weighted by molar-refractivity contribution is 0.204. The summed E-state index contributed by atoms with van der Waals surface area (Å²) in [6.45, 7) is 1.77. The third kappa shape index (κ3) is 4.96. The molecule has 1 atom stereocenters. The largest absolute Gasteiger partial charge is 0.492 e. The van der Waals surface area contributed by atoms with Gasteiger partial charge in [0.05, 0.1) is 12.6 Å². The standard InChI is InChI=1S/C19H21N5O2S/c1-12(25)11-21-17(20)16-18(26)24-27-19(16)23-15-9-7-14(8-10-15)22-13-5-3-2-4-6-13/h2-10,12,22-23,25H,11H2,1H3,(H2,20,21)(H,24,26). The van der Waals surface area contributed by atoms with Crippen LogP contribution in [-0.2, 0) is 0 Å². The van der Waals surface area contributed by atoms with Crippen molar-refractivity contribution in [3.63, 3.8) is 0 Å². The topological polar surface area (TPSA) is 116 Å². The van der Waals surface area contributed by atoms with Gasteiger partial charge in [-0.25, -0.2) is 0 Å². The van der Waals surface area contributed by atoms with E-state index in [4.69, 9.17) is 5.73 Å². The van der Waals surface area contributed by atoms with Crippen LogP contribution < -0.4 is 16.4 Å². The number of aliphatic hydroxyl groups excluding tert-OH is 1. The average Bonchev–Trinajstić information content (AvgIpc) is 3.02. The molecule has 3 aromatic rings. The molecular weight excluding hydrogens is 362 g/mol. The van der Waals surface area contributed by atoms with Crippen molar-refractivity contribution in [2.45, 2.75) is 13.0 Å². The van der Waals surface area contributed by atoms with Gasteiger partial charge in [-0.05, 0) is 54.9 Å². The Morgan fingerprint density at radius 2 is 1.67 bits per heavy atom. The number of nitrogens with two attached hydrogens (primary N) is 1. The van der Waals surface area contributed by atoms with Crippen LogP contribution in [0.2, 0.25) is 0 Å². The zero-order valence-corrected chi connectivity index (χ0v) is 15.6. The maximum Gasteiger partial charge on any atom is 0.236 e. The van der Waals surface area contributed by atoms with E-state index >= 15 is 0 Å². The summed E-state index contributed by atoms with van der Waals surface area (Å²) in [4.78, 5) is 4.09. The highest BCUT2D eigenvalue weighted by Gasteiger charge is 2.17. The van der Waals surface area contributed by atoms with E-state index in [2.05, 4.69) is 20.0 Å². The van der Waals surface area contributed by atoms with Gasteiger partial charge in [-0.1, -0.05) is 18.2 Å². The zero-order chi connectivity index (χ0) is 19.2. The summed E-state index contributed by atoms with van der Waals surface area (Å²) < 4.78 is 3.93. The van der Waals surface area contributed by atoms with Gasteiger partial charge >= 0.3 is 0 Å². The lowest BCUT2D eigenvalue weighted by atomic mass is 10.2. The van der Waals surface area contributed by atoms with E-state index in [-0.39, 0.29) is 18.3 Å². The Kier molecular flexibility index (Phi) is 5.90. The monoisotopic (exact) mass is 383 g/mol. The van der Waals surface area contributed by atoms with Crippen molar-refractivity contribution in [3.05, 3.63) is 60.2 Å². The van der Waals surface area contributed by atoms with Crippen molar-refractivity contribution in [1.82, 2.24) is 4.37 Å². The molecule has 1 unspecified atom stereocenters. The Balaban J connectivity index is 1.73. The molecule has 0 aliphatic heterocycles. The molecule has 0 aliphatic rings. The number of hydrogen-bond donors (Lipinski definition) is 5. The predicted octanol–water partition coefficient (Wildman–Crippen LogP) is 3.42. The molecule has 1 aromatic heterocycles. The minimum atomic E-state index is -0.613. The fraction of sp³-hybridized carbons (Fsp3) is 0.158. The van der Waals surface area contributed by atoms with E-state index in [1.54, 1.807) is 6.92 Å². The molecule has 7 nitrogen and oxygen atoms in total. The van der Waals surface area contributed by atoms with Gasteiger partial charge in [0.2, 0.25) is 5.88 Å². The number of anilines is 4. The van der Waals surface area contributed by atoms with Crippen molar-refractivity contribution in [2.24, 2.45) is 10.7 Å². The first-order chi connectivity index (χ1) is 13.0. The molecule has 1 heterocycles. The molecule has 27 heavy (non-hydrogen) atoms. The number of aromatic nitrogens is 1. The van der Waals surface area contributed by atoms with Gasteiger partial charge in [0.15, 0.2) is 0 Å². The molecule has 6 N–H and O–H groups in total. The Bertz CT molecular complexity index is 908. The highest BCUT2D eigenvalue weighted by atomic mass is 32.1. The first-order valence-corrected chi connectivity index (χ1v) is 9.16. The predicted molar refractivity (Wildman–Crippen MR) is 111 cm³/mol. The van der Waals surface area contributed by atoms with E-state index in [1.165, 1.54) is 0 Å². The van der Waals surface area contributed by atoms with Crippen LogP contribution in [0.4, 0.5) is 22.1 Å². The van der Waals surface area contributed by atoms with Gasteiger partial charge in [-0.15, -0.1) is 0 Å². The highest BCUT2D eigenvalue weighted by Crippen LogP contribution is 2.32. The Morgan fingerprint density at radius 3 is 2.30 bits per heavy atom. The smallest absolute Gasteiger partial charge is 0.236 e. The minimum Gasteiger partial charge on any atom is -0.492 e. The van der Waals surface area contributed by atoms with E-state index in [0.717, 1.165) is 28.6 Å². The molecule has 0 fully saturated rings. The normalized spacial score (nSPS) is 12.6. The molecule has 0 amide bonds. The SMILES string of the molecule is CC(O)CN=C(N)c1c(O)nsc1Nc1ccc(Nc2ccccc2)cc1. The third-order valence-corrected chi connectivity index (χ3v) is 4.41. The molecule has 2 aromatic carbocycles. The summed E-state index contributed by atoms with van der Waals surface area (Å²) in [5.41, 5.74) is 9.07. The van der Waals surface area contributed by atoms with E-state index in [1.807, 2.05) is 54.6 Å². The molecule has 0 aliphatic carbocycles. The maximum atomic E-state index is 9.98. The molecule has 140 valence electrons. The fourth-order valence-corrected chi connectivity index (χ4v) is 3.08. The molecule has 0 radical (unpaired) electrons. The van der Waals surface area contributed by atoms with E-state index in [9.17, 15) is 10.2 Å². The van der Waals surface area contributed by atoms with Gasteiger partial charge in [0.25, 0.3) is 0 Å². The molecule has 0 spiro atoms. The van der Waals surface area contributed by atoms with Gasteiger partial charge in [-0.3, -0.25) is 4.99 Å². The van der Waals surface area contributed by atoms with Crippen LogP contribution in [0.15, 0.2) is 59.6 Å². The number of amidine groups is 1. The van der Waals surface area contributed by atoms with Crippen molar-refractivity contribution < 1.29 is 10.2 Å². The summed E-state index contributed by atoms with van der Waals surface area (Å²) in [6, 6.07) is 17.6. The Hall–Kier alpha value is -3.10. The second-order valence-electron chi connectivity index (χ2n) is 5.98. The van der Waals surface area contributed by atoms with Crippen LogP contribution >= 0.6 is 11.5 Å². The number of para-hydroxylation sites is 1. The minimum absolute atomic E-state index is 0.131. The number of benzene rings is 2. The Morgan fingerprint density at radius 1 is 1.07 bits per heavy atom. The quantitative estimate of drug-likeness (QED) is 0.315. The van der Waals surface area contributed by atoms with Crippen LogP contribution in [0.25, 0.3) is 0 Å². The third-order valence-electron chi connectivity index (χ3n) is 3.66. The van der Waals surface area contributed by atoms with Crippen LogP contribution in [0.3, 0.4) is 0 Å². The number of aliphatic imine (C=N–C) groups is 1. The number of hydrogen-bond acceptors (Lipinski definition) is 7. The molecule has 8 heteroatoms. The van der Waals surface area contributed by atoms with Crippen molar-refractivity contribution in [3.8, 4) is 5.88 Å². The van der Waals surface area contributed by atoms with Crippen LogP contribution in [0, 0.1) is 0 Å². The number of nitrogens with one attached hydrogen (secondary N) is 2. The molecule has 3 rings (SSSR count). The van der Waals surface area contributed by atoms with E-state index in [0.29, 0.717) is 10.6 Å². The van der Waals surface area contributed by atoms with Gasteiger partial charge in [0, 0.05) is 17.1 Å². The molecule has 0 saturated heterocycles. The second kappa shape index (κ2) is 8.52. The zero-order valence-electron chi connectivity index (χ0n) is 14.8. The Labute approximate surface area is 161 Å². The fourth-order valence-electron chi connectivity index (χ4n) is 2.36. The average molecular weight is 383 g/mol. The number of nitrogens with zero attached hydrogens (tertiary/aromatic N) is 2. The van der Waals surface area contributed by atoms with E-state index < -0.39 is 6.10 Å². The number of aromatic hydroxyl groups is 1. The van der Waals surface area contributed by atoms with Crippen molar-refractivity contribution >= 4 is 39.4 Å². The van der Waals surface area contributed by atoms with Crippen LogP contribution in [-0.4, -0.2) is 33.1 Å². The summed E-state index contributed by atoms with van der Waals surface area (Å²) in [6.07, 6.45) is -0.613. The molecule has 0 saturated carbocycles. The molecule has 0 bridgehead atoms. The highest BCUT2D eigenvalue weighted by molar-refractivity contribution is 7.11. The summed E-state index contributed by atoms with van der Waals surface area (Å²) in [7, 11) is 0. The number of rotatable bonds is 7. The van der Waals surface area contributed by atoms with Crippen LogP contribution in [0.1, 0.15) is 12.5 Å². The summed E-state index contributed by atoms with van der Waals surface area (Å²) >= 11 is 1.09. The summed E-state index contributed by atoms with van der Waals surface area (Å²) in [5, 5.41) is 26.4. The van der Waals surface area contributed by atoms with Gasteiger partial charge in [0.1, 0.15) is 16.4 Å².